The number of furan rings is 1. The Bertz CT molecular complexity index is 1230. The summed E-state index contributed by atoms with van der Waals surface area (Å²) in [5, 5.41) is 27.4. The molecule has 3 aromatic rings. The molecule has 0 spiro atoms. The third kappa shape index (κ3) is 5.02. The van der Waals surface area contributed by atoms with Crippen LogP contribution in [-0.2, 0) is 10.7 Å². The molecule has 0 atom stereocenters. The fourth-order valence-corrected chi connectivity index (χ4v) is 4.65. The molecule has 10 heteroatoms. The Labute approximate surface area is 192 Å². The van der Waals surface area contributed by atoms with E-state index in [0.29, 0.717) is 47.2 Å². The Hall–Kier alpha value is -2.95. The molecular weight excluding hydrogens is 449 g/mol. The lowest BCUT2D eigenvalue weighted by atomic mass is 10.00. The predicted octanol–water partition coefficient (Wildman–Crippen LogP) is 3.57. The lowest BCUT2D eigenvalue weighted by Gasteiger charge is -2.25. The molecule has 1 aliphatic rings. The first-order valence-electron chi connectivity index (χ1n) is 10.8. The van der Waals surface area contributed by atoms with Crippen LogP contribution in [0.15, 0.2) is 40.8 Å². The van der Waals surface area contributed by atoms with E-state index in [4.69, 9.17) is 14.9 Å². The Balaban J connectivity index is 1.89. The lowest BCUT2D eigenvalue weighted by molar-refractivity contribution is 0.234. The van der Waals surface area contributed by atoms with Crippen LogP contribution >= 0.6 is 0 Å². The summed E-state index contributed by atoms with van der Waals surface area (Å²) >= 11 is 0. The van der Waals surface area contributed by atoms with E-state index in [-0.39, 0.29) is 24.2 Å². The molecule has 176 valence electrons. The van der Waals surface area contributed by atoms with E-state index in [2.05, 4.69) is 0 Å². The predicted molar refractivity (Wildman–Crippen MR) is 124 cm³/mol. The number of amidine groups is 1. The summed E-state index contributed by atoms with van der Waals surface area (Å²) in [6, 6.07) is 9.33. The van der Waals surface area contributed by atoms with Crippen molar-refractivity contribution >= 4 is 33.2 Å². The fraction of sp³-hybridized carbons (Fsp3) is 0.348. The van der Waals surface area contributed by atoms with E-state index in [1.165, 1.54) is 24.3 Å². The van der Waals surface area contributed by atoms with Gasteiger partial charge in [-0.25, -0.2) is 12.8 Å². The molecule has 0 radical (unpaired) electrons. The normalized spacial score (nSPS) is 13.6. The van der Waals surface area contributed by atoms with Crippen molar-refractivity contribution in [2.45, 2.75) is 31.6 Å². The van der Waals surface area contributed by atoms with Gasteiger partial charge in [0.1, 0.15) is 23.0 Å². The third-order valence-electron chi connectivity index (χ3n) is 5.79. The monoisotopic (exact) mass is 475 g/mol. The molecule has 33 heavy (non-hydrogen) atoms. The van der Waals surface area contributed by atoms with E-state index >= 15 is 0 Å². The minimum atomic E-state index is -2.67. The van der Waals surface area contributed by atoms with Gasteiger partial charge in [0.2, 0.25) is 0 Å². The minimum Gasteiger partial charge on any atom is -0.455 e. The van der Waals surface area contributed by atoms with Gasteiger partial charge in [0, 0.05) is 35.9 Å². The van der Waals surface area contributed by atoms with Gasteiger partial charge in [0.15, 0.2) is 16.5 Å². The lowest BCUT2D eigenvalue weighted by Crippen LogP contribution is -2.27. The van der Waals surface area contributed by atoms with Gasteiger partial charge in [0.25, 0.3) is 0 Å². The van der Waals surface area contributed by atoms with Crippen molar-refractivity contribution in [1.29, 1.82) is 5.41 Å². The summed E-state index contributed by atoms with van der Waals surface area (Å²) in [4.78, 5) is 1.78. The molecule has 0 bridgehead atoms. The molecule has 1 heterocycles. The smallest absolute Gasteiger partial charge is 0.158 e. The number of anilines is 1. The van der Waals surface area contributed by atoms with E-state index in [1.54, 1.807) is 11.0 Å². The highest BCUT2D eigenvalue weighted by Crippen LogP contribution is 2.47. The van der Waals surface area contributed by atoms with Gasteiger partial charge in [0.05, 0.1) is 5.56 Å². The molecule has 0 amide bonds. The standard InChI is InChI=1S/C23H26FN3O5S/c24-16-7-5-15(6-8-16)22-21(23(25)26-29)18-11-17(14-3-4-14)19(12-20(18)32-22)27(13-33(30)31)9-1-2-10-28/h5-8,11-12,14,28-29,33H,1-4,9-10,13H2,(H2,25,26). The molecular formula is C23H26FN3O5S. The van der Waals surface area contributed by atoms with Crippen molar-refractivity contribution in [3.05, 3.63) is 53.3 Å². The van der Waals surface area contributed by atoms with Gasteiger partial charge in [-0.1, -0.05) is 0 Å². The molecule has 8 nitrogen and oxygen atoms in total. The topological polar surface area (TPSA) is 127 Å². The van der Waals surface area contributed by atoms with Crippen LogP contribution in [0.3, 0.4) is 0 Å². The highest BCUT2D eigenvalue weighted by molar-refractivity contribution is 7.72. The number of benzene rings is 2. The second kappa shape index (κ2) is 9.90. The molecule has 0 saturated heterocycles. The minimum absolute atomic E-state index is 0.0325. The fourth-order valence-electron chi connectivity index (χ4n) is 4.07. The maximum atomic E-state index is 13.5. The number of hydrogen-bond donors (Lipinski definition) is 5. The van der Waals surface area contributed by atoms with Crippen LogP contribution in [-0.4, -0.2) is 43.6 Å². The van der Waals surface area contributed by atoms with Gasteiger partial charge in [-0.3, -0.25) is 16.1 Å². The van der Waals surface area contributed by atoms with Crippen molar-refractivity contribution in [3.8, 4) is 11.3 Å². The van der Waals surface area contributed by atoms with Gasteiger partial charge in [-0.2, -0.15) is 0 Å². The van der Waals surface area contributed by atoms with Gasteiger partial charge in [-0.05, 0) is 67.5 Å². The number of hydroxylamine groups is 1. The number of nitrogens with one attached hydrogen (secondary N) is 2. The largest absolute Gasteiger partial charge is 0.455 e. The van der Waals surface area contributed by atoms with Gasteiger partial charge in [-0.15, -0.1) is 0 Å². The molecule has 1 aliphatic carbocycles. The number of halogens is 1. The number of rotatable bonds is 10. The Morgan fingerprint density at radius 2 is 1.94 bits per heavy atom. The first kappa shape index (κ1) is 23.2. The number of nitrogens with zero attached hydrogens (tertiary/aromatic N) is 1. The summed E-state index contributed by atoms with van der Waals surface area (Å²) in [6.45, 7) is 0.492. The number of thiol groups is 1. The quantitative estimate of drug-likeness (QED) is 0.0997. The highest BCUT2D eigenvalue weighted by atomic mass is 32.2. The van der Waals surface area contributed by atoms with E-state index < -0.39 is 16.5 Å². The van der Waals surface area contributed by atoms with Gasteiger partial charge >= 0.3 is 0 Å². The summed E-state index contributed by atoms with van der Waals surface area (Å²) in [5.74, 6) is -0.252. The van der Waals surface area contributed by atoms with Crippen molar-refractivity contribution in [2.75, 3.05) is 23.9 Å². The van der Waals surface area contributed by atoms with E-state index in [0.717, 1.165) is 24.1 Å². The van der Waals surface area contributed by atoms with Crippen molar-refractivity contribution in [3.63, 3.8) is 0 Å². The number of hydrogen-bond acceptors (Lipinski definition) is 7. The van der Waals surface area contributed by atoms with Crippen LogP contribution in [0.1, 0.15) is 42.7 Å². The summed E-state index contributed by atoms with van der Waals surface area (Å²) in [6.07, 6.45) is 3.14. The second-order valence-corrected chi connectivity index (χ2v) is 9.10. The van der Waals surface area contributed by atoms with Crippen molar-refractivity contribution < 1.29 is 27.5 Å². The summed E-state index contributed by atoms with van der Waals surface area (Å²) in [7, 11) is -2.67. The first-order chi connectivity index (χ1) is 15.9. The van der Waals surface area contributed by atoms with Crippen LogP contribution in [0.25, 0.3) is 22.3 Å². The van der Waals surface area contributed by atoms with Crippen LogP contribution in [0.4, 0.5) is 10.1 Å². The number of aliphatic hydroxyl groups is 1. The van der Waals surface area contributed by atoms with Crippen LogP contribution in [0.2, 0.25) is 0 Å². The maximum Gasteiger partial charge on any atom is 0.158 e. The Morgan fingerprint density at radius 1 is 1.21 bits per heavy atom. The van der Waals surface area contributed by atoms with Crippen LogP contribution in [0.5, 0.6) is 0 Å². The Morgan fingerprint density at radius 3 is 2.55 bits per heavy atom. The number of aliphatic hydroxyl groups excluding tert-OH is 1. The molecule has 4 N–H and O–H groups in total. The molecule has 2 aromatic carbocycles. The number of fused-ring (bicyclic) bond motifs is 1. The van der Waals surface area contributed by atoms with Crippen LogP contribution < -0.4 is 10.4 Å². The summed E-state index contributed by atoms with van der Waals surface area (Å²) in [5.41, 5.74) is 4.90. The highest BCUT2D eigenvalue weighted by Gasteiger charge is 2.31. The molecule has 4 rings (SSSR count). The van der Waals surface area contributed by atoms with E-state index in [1.807, 2.05) is 11.5 Å². The van der Waals surface area contributed by atoms with Crippen LogP contribution in [0, 0.1) is 11.2 Å². The molecule has 1 fully saturated rings. The summed E-state index contributed by atoms with van der Waals surface area (Å²) < 4.78 is 42.8. The molecule has 1 aromatic heterocycles. The second-order valence-electron chi connectivity index (χ2n) is 8.15. The van der Waals surface area contributed by atoms with Gasteiger partial charge < -0.3 is 14.4 Å². The molecule has 0 unspecified atom stereocenters. The van der Waals surface area contributed by atoms with Crippen molar-refractivity contribution in [1.82, 2.24) is 5.48 Å². The zero-order chi connectivity index (χ0) is 23.5. The third-order valence-corrected chi connectivity index (χ3v) is 6.36. The Kier molecular flexibility index (Phi) is 6.96. The zero-order valence-corrected chi connectivity index (χ0v) is 18.8. The number of unbranched alkanes of at least 4 members (excludes halogenated alkanes) is 1. The van der Waals surface area contributed by atoms with E-state index in [9.17, 15) is 18.0 Å². The van der Waals surface area contributed by atoms with Crippen molar-refractivity contribution in [2.24, 2.45) is 0 Å². The SMILES string of the molecule is N=C(NO)c1c(-c2ccc(F)cc2)oc2cc(N(CCCCO)C[SH](=O)=O)c(C3CC3)cc12. The maximum absolute atomic E-state index is 13.5. The average Bonchev–Trinajstić information content (AvgIpc) is 3.58. The molecule has 1 saturated carbocycles. The average molecular weight is 476 g/mol. The molecule has 0 aliphatic heterocycles. The first-order valence-corrected chi connectivity index (χ1v) is 12.1. The zero-order valence-electron chi connectivity index (χ0n) is 17.9.